The Balaban J connectivity index is 3.22. The van der Waals surface area contributed by atoms with Gasteiger partial charge in [-0.1, -0.05) is 25.4 Å². The Bertz CT molecular complexity index is 310. The fourth-order valence-electron chi connectivity index (χ4n) is 1.07. The first kappa shape index (κ1) is 11.4. The molecule has 0 saturated carbocycles. The minimum atomic E-state index is 0.541. The summed E-state index contributed by atoms with van der Waals surface area (Å²) >= 11 is 11.2. The molecular weight excluding hydrogens is 268 g/mol. The van der Waals surface area contributed by atoms with E-state index in [1.165, 1.54) is 5.56 Å². The number of hydrogen-bond donors (Lipinski definition) is 0. The van der Waals surface area contributed by atoms with Crippen molar-refractivity contribution in [3.63, 3.8) is 0 Å². The van der Waals surface area contributed by atoms with Crippen LogP contribution < -0.4 is 0 Å². The van der Waals surface area contributed by atoms with Gasteiger partial charge in [-0.2, -0.15) is 0 Å². The third-order valence-corrected chi connectivity index (χ3v) is 4.04. The molecule has 0 heterocycles. The highest BCUT2D eigenvalue weighted by atomic mass is 79.9. The van der Waals surface area contributed by atoms with E-state index in [9.17, 15) is 0 Å². The predicted molar refractivity (Wildman–Crippen MR) is 65.0 cm³/mol. The van der Waals surface area contributed by atoms with Crippen LogP contribution in [0.2, 0.25) is 5.02 Å². The summed E-state index contributed by atoms with van der Waals surface area (Å²) in [6.45, 7) is 4.36. The molecule has 0 aliphatic rings. The number of rotatable bonds is 2. The Morgan fingerprint density at radius 3 is 2.46 bits per heavy atom. The molecule has 1 rings (SSSR count). The van der Waals surface area contributed by atoms with E-state index >= 15 is 0 Å². The summed E-state index contributed by atoms with van der Waals surface area (Å²) in [4.78, 5) is 1.14. The van der Waals surface area contributed by atoms with Crippen LogP contribution in [0.15, 0.2) is 21.5 Å². The van der Waals surface area contributed by atoms with Crippen molar-refractivity contribution in [2.75, 3.05) is 6.26 Å². The van der Waals surface area contributed by atoms with Crippen molar-refractivity contribution in [2.45, 2.75) is 24.7 Å². The van der Waals surface area contributed by atoms with E-state index in [0.29, 0.717) is 5.92 Å². The Morgan fingerprint density at radius 1 is 1.38 bits per heavy atom. The summed E-state index contributed by atoms with van der Waals surface area (Å²) in [6, 6.07) is 4.25. The predicted octanol–water partition coefficient (Wildman–Crippen LogP) is 4.95. The average Bonchev–Trinajstić information content (AvgIpc) is 2.09. The standard InChI is InChI=1S/C10H12BrClS/c1-6(2)7-4-8(11)10(12)9(5-7)13-3/h4-6H,1-3H3. The van der Waals surface area contributed by atoms with Crippen molar-refractivity contribution in [1.82, 2.24) is 0 Å². The first-order valence-corrected chi connectivity index (χ1v) is 6.48. The topological polar surface area (TPSA) is 0 Å². The van der Waals surface area contributed by atoms with Crippen molar-refractivity contribution in [3.05, 3.63) is 27.2 Å². The van der Waals surface area contributed by atoms with Gasteiger partial charge in [-0.3, -0.25) is 0 Å². The highest BCUT2D eigenvalue weighted by Gasteiger charge is 2.08. The number of hydrogen-bond acceptors (Lipinski definition) is 1. The minimum absolute atomic E-state index is 0.541. The molecule has 0 aromatic heterocycles. The van der Waals surface area contributed by atoms with Gasteiger partial charge in [-0.25, -0.2) is 0 Å². The Labute approximate surface area is 97.2 Å². The first-order chi connectivity index (χ1) is 6.06. The fraction of sp³-hybridized carbons (Fsp3) is 0.400. The van der Waals surface area contributed by atoms with Gasteiger partial charge in [0.25, 0.3) is 0 Å². The van der Waals surface area contributed by atoms with Crippen LogP contribution in [0.25, 0.3) is 0 Å². The molecule has 0 amide bonds. The maximum absolute atomic E-state index is 6.10. The van der Waals surface area contributed by atoms with E-state index in [1.807, 2.05) is 6.26 Å². The molecule has 0 bridgehead atoms. The lowest BCUT2D eigenvalue weighted by Gasteiger charge is -2.10. The van der Waals surface area contributed by atoms with Crippen molar-refractivity contribution in [3.8, 4) is 0 Å². The third kappa shape index (κ3) is 2.64. The lowest BCUT2D eigenvalue weighted by molar-refractivity contribution is 0.861. The van der Waals surface area contributed by atoms with E-state index in [4.69, 9.17) is 11.6 Å². The summed E-state index contributed by atoms with van der Waals surface area (Å²) in [7, 11) is 0. The second-order valence-corrected chi connectivity index (χ2v) is 5.25. The summed E-state index contributed by atoms with van der Waals surface area (Å²) in [5.41, 5.74) is 1.32. The van der Waals surface area contributed by atoms with Gasteiger partial charge in [0, 0.05) is 9.37 Å². The Hall–Kier alpha value is 0.340. The Kier molecular flexibility index (Phi) is 4.14. The quantitative estimate of drug-likeness (QED) is 0.690. The van der Waals surface area contributed by atoms with Crippen LogP contribution in [0.4, 0.5) is 0 Å². The molecule has 13 heavy (non-hydrogen) atoms. The highest BCUT2D eigenvalue weighted by Crippen LogP contribution is 2.35. The van der Waals surface area contributed by atoms with Crippen LogP contribution in [-0.4, -0.2) is 6.26 Å². The van der Waals surface area contributed by atoms with Gasteiger partial charge in [-0.05, 0) is 45.8 Å². The molecular formula is C10H12BrClS. The summed E-state index contributed by atoms with van der Waals surface area (Å²) in [5, 5.41) is 0.817. The second-order valence-electron chi connectivity index (χ2n) is 3.17. The van der Waals surface area contributed by atoms with E-state index < -0.39 is 0 Å². The summed E-state index contributed by atoms with van der Waals surface area (Å²) in [6.07, 6.45) is 2.04. The molecule has 0 aliphatic carbocycles. The smallest absolute Gasteiger partial charge is 0.0683 e. The lowest BCUT2D eigenvalue weighted by Crippen LogP contribution is -1.89. The minimum Gasteiger partial charge on any atom is -0.128 e. The molecule has 0 saturated heterocycles. The molecule has 1 aromatic carbocycles. The van der Waals surface area contributed by atoms with Crippen LogP contribution >= 0.6 is 39.3 Å². The third-order valence-electron chi connectivity index (χ3n) is 1.90. The summed E-state index contributed by atoms with van der Waals surface area (Å²) < 4.78 is 0.990. The van der Waals surface area contributed by atoms with Crippen LogP contribution in [-0.2, 0) is 0 Å². The monoisotopic (exact) mass is 278 g/mol. The van der Waals surface area contributed by atoms with E-state index in [2.05, 4.69) is 41.9 Å². The van der Waals surface area contributed by atoms with Crippen molar-refractivity contribution < 1.29 is 0 Å². The maximum atomic E-state index is 6.10. The second kappa shape index (κ2) is 4.72. The first-order valence-electron chi connectivity index (χ1n) is 4.09. The average molecular weight is 280 g/mol. The van der Waals surface area contributed by atoms with E-state index in [0.717, 1.165) is 14.4 Å². The number of halogens is 2. The molecule has 0 spiro atoms. The molecule has 0 unspecified atom stereocenters. The largest absolute Gasteiger partial charge is 0.128 e. The zero-order valence-corrected chi connectivity index (χ0v) is 11.1. The van der Waals surface area contributed by atoms with Crippen LogP contribution in [0.1, 0.15) is 25.3 Å². The highest BCUT2D eigenvalue weighted by molar-refractivity contribution is 9.10. The zero-order chi connectivity index (χ0) is 10.0. The summed E-state index contributed by atoms with van der Waals surface area (Å²) in [5.74, 6) is 0.541. The molecule has 0 radical (unpaired) electrons. The number of thioether (sulfide) groups is 1. The molecule has 0 fully saturated rings. The normalized spacial score (nSPS) is 10.9. The van der Waals surface area contributed by atoms with Crippen LogP contribution in [0, 0.1) is 0 Å². The molecule has 0 N–H and O–H groups in total. The molecule has 1 aromatic rings. The van der Waals surface area contributed by atoms with Gasteiger partial charge in [0.2, 0.25) is 0 Å². The van der Waals surface area contributed by atoms with Crippen molar-refractivity contribution in [1.29, 1.82) is 0 Å². The van der Waals surface area contributed by atoms with Gasteiger partial charge in [0.05, 0.1) is 5.02 Å². The molecule has 3 heteroatoms. The zero-order valence-electron chi connectivity index (χ0n) is 7.90. The molecule has 0 aliphatic heterocycles. The van der Waals surface area contributed by atoms with E-state index in [1.54, 1.807) is 11.8 Å². The molecule has 0 atom stereocenters. The lowest BCUT2D eigenvalue weighted by atomic mass is 10.0. The van der Waals surface area contributed by atoms with Gasteiger partial charge in [0.15, 0.2) is 0 Å². The van der Waals surface area contributed by atoms with Gasteiger partial charge < -0.3 is 0 Å². The van der Waals surface area contributed by atoms with Gasteiger partial charge in [-0.15, -0.1) is 11.8 Å². The van der Waals surface area contributed by atoms with E-state index in [-0.39, 0.29) is 0 Å². The molecule has 72 valence electrons. The van der Waals surface area contributed by atoms with Crippen LogP contribution in [0.3, 0.4) is 0 Å². The SMILES string of the molecule is CSc1cc(C(C)C)cc(Br)c1Cl. The fourth-order valence-corrected chi connectivity index (χ4v) is 2.56. The van der Waals surface area contributed by atoms with Crippen molar-refractivity contribution >= 4 is 39.3 Å². The molecule has 0 nitrogen and oxygen atoms in total. The maximum Gasteiger partial charge on any atom is 0.0683 e. The Morgan fingerprint density at radius 2 is 2.00 bits per heavy atom. The van der Waals surface area contributed by atoms with Crippen LogP contribution in [0.5, 0.6) is 0 Å². The number of benzene rings is 1. The van der Waals surface area contributed by atoms with Crippen molar-refractivity contribution in [2.24, 2.45) is 0 Å². The van der Waals surface area contributed by atoms with Gasteiger partial charge >= 0.3 is 0 Å². The van der Waals surface area contributed by atoms with Gasteiger partial charge in [0.1, 0.15) is 0 Å².